The second-order valence-electron chi connectivity index (χ2n) is 4.12. The van der Waals surface area contributed by atoms with E-state index in [0.29, 0.717) is 5.56 Å². The van der Waals surface area contributed by atoms with Crippen molar-refractivity contribution in [2.24, 2.45) is 0 Å². The fraction of sp³-hybridized carbons (Fsp3) is 0.214. The van der Waals surface area contributed by atoms with Gasteiger partial charge in [0.15, 0.2) is 0 Å². The summed E-state index contributed by atoms with van der Waals surface area (Å²) in [6.07, 6.45) is 0. The van der Waals surface area contributed by atoms with Crippen molar-refractivity contribution in [1.29, 1.82) is 5.26 Å². The minimum atomic E-state index is 0.206. The Kier molecular flexibility index (Phi) is 4.05. The van der Waals surface area contributed by atoms with E-state index in [9.17, 15) is 0 Å². The van der Waals surface area contributed by atoms with Crippen molar-refractivity contribution in [3.8, 4) is 6.07 Å². The molecule has 1 N–H and O–H groups in total. The van der Waals surface area contributed by atoms with E-state index in [1.807, 2.05) is 18.2 Å². The van der Waals surface area contributed by atoms with Gasteiger partial charge < -0.3 is 5.32 Å². The molecule has 1 aromatic carbocycles. The van der Waals surface area contributed by atoms with Crippen molar-refractivity contribution in [1.82, 2.24) is 0 Å². The molecule has 0 fully saturated rings. The maximum atomic E-state index is 9.12. The van der Waals surface area contributed by atoms with Gasteiger partial charge in [0.1, 0.15) is 6.07 Å². The summed E-state index contributed by atoms with van der Waals surface area (Å²) in [5.41, 5.74) is 1.53. The van der Waals surface area contributed by atoms with Gasteiger partial charge in [-0.3, -0.25) is 0 Å². The number of nitriles is 1. The van der Waals surface area contributed by atoms with Gasteiger partial charge in [-0.25, -0.2) is 0 Å². The van der Waals surface area contributed by atoms with E-state index in [2.05, 4.69) is 53.3 Å². The lowest BCUT2D eigenvalue weighted by atomic mass is 10.1. The summed E-state index contributed by atoms with van der Waals surface area (Å²) in [4.78, 5) is 2.58. The lowest BCUT2D eigenvalue weighted by molar-refractivity contribution is 0.907. The number of nitrogens with one attached hydrogen (secondary N) is 1. The van der Waals surface area contributed by atoms with E-state index in [1.54, 1.807) is 11.3 Å². The Labute approximate surface area is 119 Å². The van der Waals surface area contributed by atoms with Gasteiger partial charge in [-0.15, -0.1) is 11.3 Å². The van der Waals surface area contributed by atoms with Crippen LogP contribution in [0.5, 0.6) is 0 Å². The number of rotatable bonds is 3. The highest BCUT2D eigenvalue weighted by Gasteiger charge is 2.10. The quantitative estimate of drug-likeness (QED) is 0.876. The molecule has 0 aliphatic heterocycles. The zero-order chi connectivity index (χ0) is 13.1. The highest BCUT2D eigenvalue weighted by molar-refractivity contribution is 9.10. The largest absolute Gasteiger partial charge is 0.377 e. The zero-order valence-electron chi connectivity index (χ0n) is 10.2. The van der Waals surface area contributed by atoms with Crippen LogP contribution in [0.3, 0.4) is 0 Å². The lowest BCUT2D eigenvalue weighted by Gasteiger charge is -2.15. The molecule has 0 saturated heterocycles. The Balaban J connectivity index is 2.22. The van der Waals surface area contributed by atoms with Crippen molar-refractivity contribution < 1.29 is 0 Å². The molecule has 0 spiro atoms. The molecule has 0 radical (unpaired) electrons. The van der Waals surface area contributed by atoms with Gasteiger partial charge in [0, 0.05) is 14.2 Å². The molecule has 2 nitrogen and oxygen atoms in total. The van der Waals surface area contributed by atoms with Crippen molar-refractivity contribution in [2.45, 2.75) is 19.9 Å². The van der Waals surface area contributed by atoms with E-state index >= 15 is 0 Å². The Morgan fingerprint density at radius 2 is 2.11 bits per heavy atom. The third kappa shape index (κ3) is 2.92. The predicted molar refractivity (Wildman–Crippen MR) is 80.0 cm³/mol. The molecule has 1 unspecified atom stereocenters. The smallest absolute Gasteiger partial charge is 0.101 e. The fourth-order valence-electron chi connectivity index (χ4n) is 1.73. The molecule has 1 heterocycles. The molecule has 1 aromatic heterocycles. The highest BCUT2D eigenvalue weighted by Crippen LogP contribution is 2.28. The Morgan fingerprint density at radius 3 is 2.72 bits per heavy atom. The summed E-state index contributed by atoms with van der Waals surface area (Å²) in [7, 11) is 0. The molecule has 0 amide bonds. The van der Waals surface area contributed by atoms with Gasteiger partial charge in [0.05, 0.1) is 17.3 Å². The Hall–Kier alpha value is -1.31. The van der Waals surface area contributed by atoms with Crippen molar-refractivity contribution >= 4 is 33.0 Å². The molecular weight excluding hydrogens is 308 g/mol. The molecule has 0 aliphatic carbocycles. The second-order valence-corrected chi connectivity index (χ2v) is 6.35. The monoisotopic (exact) mass is 320 g/mol. The van der Waals surface area contributed by atoms with Crippen molar-refractivity contribution in [3.63, 3.8) is 0 Å². The first-order valence-corrected chi connectivity index (χ1v) is 7.23. The molecule has 0 saturated carbocycles. The predicted octanol–water partition coefficient (Wildman–Crippen LogP) is 4.86. The average molecular weight is 321 g/mol. The van der Waals surface area contributed by atoms with Gasteiger partial charge in [-0.1, -0.05) is 15.9 Å². The molecule has 4 heteroatoms. The summed E-state index contributed by atoms with van der Waals surface area (Å²) >= 11 is 5.15. The van der Waals surface area contributed by atoms with Crippen molar-refractivity contribution in [2.75, 3.05) is 5.32 Å². The van der Waals surface area contributed by atoms with Crippen LogP contribution in [-0.4, -0.2) is 0 Å². The fourth-order valence-corrected chi connectivity index (χ4v) is 2.97. The number of nitrogens with zero attached hydrogens (tertiary/aromatic N) is 1. The standard InChI is InChI=1S/C14H13BrN2S/c1-9-3-6-14(18-9)10(2)17-13-5-4-12(15)7-11(13)8-16/h3-7,10,17H,1-2H3. The van der Waals surface area contributed by atoms with Crippen LogP contribution in [-0.2, 0) is 0 Å². The Morgan fingerprint density at radius 1 is 1.33 bits per heavy atom. The number of halogens is 1. The van der Waals surface area contributed by atoms with E-state index in [1.165, 1.54) is 9.75 Å². The van der Waals surface area contributed by atoms with Crippen LogP contribution in [0.25, 0.3) is 0 Å². The summed E-state index contributed by atoms with van der Waals surface area (Å²) in [5.74, 6) is 0. The van der Waals surface area contributed by atoms with Gasteiger partial charge in [0.25, 0.3) is 0 Å². The summed E-state index contributed by atoms with van der Waals surface area (Å²) < 4.78 is 0.921. The van der Waals surface area contributed by atoms with Crippen LogP contribution in [0.1, 0.15) is 28.3 Å². The topological polar surface area (TPSA) is 35.8 Å². The molecule has 2 aromatic rings. The number of anilines is 1. The number of aryl methyl sites for hydroxylation is 1. The van der Waals surface area contributed by atoms with Crippen LogP contribution in [0.15, 0.2) is 34.8 Å². The first-order valence-electron chi connectivity index (χ1n) is 5.62. The Bertz CT molecular complexity index is 598. The third-order valence-electron chi connectivity index (χ3n) is 2.66. The van der Waals surface area contributed by atoms with E-state index in [-0.39, 0.29) is 6.04 Å². The molecule has 0 aliphatic rings. The number of hydrogen-bond acceptors (Lipinski definition) is 3. The minimum Gasteiger partial charge on any atom is -0.377 e. The first kappa shape index (κ1) is 13.1. The second kappa shape index (κ2) is 5.55. The van der Waals surface area contributed by atoms with Crippen LogP contribution in [0.4, 0.5) is 5.69 Å². The third-order valence-corrected chi connectivity index (χ3v) is 4.34. The van der Waals surface area contributed by atoms with Crippen molar-refractivity contribution in [3.05, 3.63) is 50.1 Å². The number of hydrogen-bond donors (Lipinski definition) is 1. The van der Waals surface area contributed by atoms with Gasteiger partial charge >= 0.3 is 0 Å². The maximum Gasteiger partial charge on any atom is 0.101 e. The highest BCUT2D eigenvalue weighted by atomic mass is 79.9. The molecule has 2 rings (SSSR count). The summed E-state index contributed by atoms with van der Waals surface area (Å²) in [5, 5.41) is 12.5. The van der Waals surface area contributed by atoms with Gasteiger partial charge in [-0.2, -0.15) is 5.26 Å². The molecule has 18 heavy (non-hydrogen) atoms. The molecular formula is C14H13BrN2S. The van der Waals surface area contributed by atoms with Gasteiger partial charge in [0.2, 0.25) is 0 Å². The van der Waals surface area contributed by atoms with Gasteiger partial charge in [-0.05, 0) is 44.2 Å². The summed E-state index contributed by atoms with van der Waals surface area (Å²) in [6, 6.07) is 12.4. The minimum absolute atomic E-state index is 0.206. The maximum absolute atomic E-state index is 9.12. The average Bonchev–Trinajstić information content (AvgIpc) is 2.78. The lowest BCUT2D eigenvalue weighted by Crippen LogP contribution is -2.06. The van der Waals surface area contributed by atoms with Crippen LogP contribution >= 0.6 is 27.3 Å². The normalized spacial score (nSPS) is 11.9. The van der Waals surface area contributed by atoms with E-state index < -0.39 is 0 Å². The zero-order valence-corrected chi connectivity index (χ0v) is 12.6. The number of thiophene rings is 1. The van der Waals surface area contributed by atoms with E-state index in [4.69, 9.17) is 5.26 Å². The summed E-state index contributed by atoms with van der Waals surface area (Å²) in [6.45, 7) is 4.20. The van der Waals surface area contributed by atoms with Crippen LogP contribution < -0.4 is 5.32 Å². The SMILES string of the molecule is Cc1ccc(C(C)Nc2ccc(Br)cc2C#N)s1. The molecule has 1 atom stereocenters. The van der Waals surface area contributed by atoms with Crippen LogP contribution in [0.2, 0.25) is 0 Å². The number of benzene rings is 1. The van der Waals surface area contributed by atoms with E-state index in [0.717, 1.165) is 10.2 Å². The molecule has 0 bridgehead atoms. The van der Waals surface area contributed by atoms with Crippen LogP contribution in [0, 0.1) is 18.3 Å². The molecule has 92 valence electrons. The first-order chi connectivity index (χ1) is 8.60.